The summed E-state index contributed by atoms with van der Waals surface area (Å²) in [4.78, 5) is 0. The second-order valence-corrected chi connectivity index (χ2v) is 3.46. The molecule has 0 saturated heterocycles. The number of anilines is 1. The molecule has 4 nitrogen and oxygen atoms in total. The first-order valence-corrected chi connectivity index (χ1v) is 5.02. The van der Waals surface area contributed by atoms with Crippen LogP contribution in [0.15, 0.2) is 30.5 Å². The highest BCUT2D eigenvalue weighted by molar-refractivity contribution is 5.28. The third-order valence-electron chi connectivity index (χ3n) is 2.39. The molecule has 0 bridgehead atoms. The van der Waals surface area contributed by atoms with Gasteiger partial charge in [0.1, 0.15) is 0 Å². The maximum absolute atomic E-state index is 5.51. The van der Waals surface area contributed by atoms with Gasteiger partial charge in [-0.25, -0.2) is 4.68 Å². The van der Waals surface area contributed by atoms with E-state index in [-0.39, 0.29) is 0 Å². The first-order chi connectivity index (χ1) is 7.29. The van der Waals surface area contributed by atoms with Crippen molar-refractivity contribution >= 4 is 5.82 Å². The molecule has 78 valence electrons. The average molecular weight is 202 g/mol. The summed E-state index contributed by atoms with van der Waals surface area (Å²) in [5.41, 5.74) is 8.12. The Hall–Kier alpha value is -1.84. The highest BCUT2D eigenvalue weighted by atomic mass is 15.4. The van der Waals surface area contributed by atoms with Gasteiger partial charge in [0.15, 0.2) is 5.82 Å². The number of nitrogens with two attached hydrogens (primary N) is 1. The van der Waals surface area contributed by atoms with Gasteiger partial charge < -0.3 is 5.73 Å². The van der Waals surface area contributed by atoms with Gasteiger partial charge in [-0.05, 0) is 17.5 Å². The minimum absolute atomic E-state index is 0.462. The first kappa shape index (κ1) is 9.71. The number of aryl methyl sites for hydroxylation is 1. The number of hydrogen-bond acceptors (Lipinski definition) is 3. The van der Waals surface area contributed by atoms with Crippen molar-refractivity contribution in [2.45, 2.75) is 19.9 Å². The van der Waals surface area contributed by atoms with E-state index in [1.54, 1.807) is 10.9 Å². The zero-order valence-electron chi connectivity index (χ0n) is 8.72. The van der Waals surface area contributed by atoms with Crippen LogP contribution in [0.4, 0.5) is 5.82 Å². The molecule has 2 N–H and O–H groups in total. The molecular weight excluding hydrogens is 188 g/mol. The molecule has 0 unspecified atom stereocenters. The van der Waals surface area contributed by atoms with Crippen LogP contribution in [0, 0.1) is 0 Å². The van der Waals surface area contributed by atoms with Crippen molar-refractivity contribution in [3.8, 4) is 0 Å². The van der Waals surface area contributed by atoms with Crippen LogP contribution in [0.2, 0.25) is 0 Å². The topological polar surface area (TPSA) is 56.7 Å². The van der Waals surface area contributed by atoms with Gasteiger partial charge in [0, 0.05) is 0 Å². The van der Waals surface area contributed by atoms with Gasteiger partial charge in [0.2, 0.25) is 0 Å². The summed E-state index contributed by atoms with van der Waals surface area (Å²) >= 11 is 0. The molecule has 1 aromatic heterocycles. The van der Waals surface area contributed by atoms with Crippen LogP contribution in [-0.4, -0.2) is 15.0 Å². The van der Waals surface area contributed by atoms with Crippen LogP contribution in [0.5, 0.6) is 0 Å². The molecule has 0 aliphatic rings. The van der Waals surface area contributed by atoms with Crippen LogP contribution < -0.4 is 5.73 Å². The van der Waals surface area contributed by atoms with Gasteiger partial charge in [-0.1, -0.05) is 36.4 Å². The molecule has 0 aliphatic carbocycles. The van der Waals surface area contributed by atoms with Gasteiger partial charge in [0.05, 0.1) is 12.7 Å². The Labute approximate surface area is 88.7 Å². The molecular formula is C11H14N4. The zero-order chi connectivity index (χ0) is 10.7. The fourth-order valence-corrected chi connectivity index (χ4v) is 1.62. The minimum Gasteiger partial charge on any atom is -0.381 e. The maximum atomic E-state index is 5.51. The van der Waals surface area contributed by atoms with Crippen molar-refractivity contribution in [1.29, 1.82) is 0 Å². The van der Waals surface area contributed by atoms with Crippen molar-refractivity contribution in [1.82, 2.24) is 15.0 Å². The lowest BCUT2D eigenvalue weighted by atomic mass is 10.1. The third kappa shape index (κ3) is 2.15. The van der Waals surface area contributed by atoms with Crippen molar-refractivity contribution in [3.05, 3.63) is 41.6 Å². The molecule has 0 saturated carbocycles. The van der Waals surface area contributed by atoms with Crippen molar-refractivity contribution < 1.29 is 0 Å². The van der Waals surface area contributed by atoms with Crippen LogP contribution in [-0.2, 0) is 13.0 Å². The van der Waals surface area contributed by atoms with E-state index in [0.717, 1.165) is 13.0 Å². The molecule has 2 rings (SSSR count). The molecule has 0 fully saturated rings. The summed E-state index contributed by atoms with van der Waals surface area (Å²) in [6.45, 7) is 2.88. The predicted molar refractivity (Wildman–Crippen MR) is 59.4 cm³/mol. The van der Waals surface area contributed by atoms with Crippen molar-refractivity contribution in [2.24, 2.45) is 0 Å². The maximum Gasteiger partial charge on any atom is 0.165 e. The number of hydrogen-bond donors (Lipinski definition) is 1. The molecule has 0 radical (unpaired) electrons. The highest BCUT2D eigenvalue weighted by Crippen LogP contribution is 2.11. The van der Waals surface area contributed by atoms with E-state index in [9.17, 15) is 0 Å². The minimum atomic E-state index is 0.462. The van der Waals surface area contributed by atoms with E-state index in [1.807, 2.05) is 6.07 Å². The van der Waals surface area contributed by atoms with E-state index in [1.165, 1.54) is 11.1 Å². The van der Waals surface area contributed by atoms with Gasteiger partial charge in [-0.15, -0.1) is 5.10 Å². The largest absolute Gasteiger partial charge is 0.381 e. The summed E-state index contributed by atoms with van der Waals surface area (Å²) in [6, 6.07) is 8.33. The Kier molecular flexibility index (Phi) is 2.67. The van der Waals surface area contributed by atoms with Crippen molar-refractivity contribution in [2.75, 3.05) is 5.73 Å². The number of aromatic nitrogens is 3. The number of nitrogens with zero attached hydrogens (tertiary/aromatic N) is 3. The molecule has 15 heavy (non-hydrogen) atoms. The number of rotatable bonds is 3. The molecule has 0 amide bonds. The molecule has 2 aromatic rings. The summed E-state index contributed by atoms with van der Waals surface area (Å²) < 4.78 is 1.75. The smallest absolute Gasteiger partial charge is 0.165 e. The van der Waals surface area contributed by atoms with E-state index >= 15 is 0 Å². The van der Waals surface area contributed by atoms with Crippen LogP contribution in [0.1, 0.15) is 18.1 Å². The zero-order valence-corrected chi connectivity index (χ0v) is 8.72. The Balaban J connectivity index is 2.23. The molecule has 4 heteroatoms. The van der Waals surface area contributed by atoms with Crippen LogP contribution >= 0.6 is 0 Å². The average Bonchev–Trinajstić information content (AvgIpc) is 2.65. The van der Waals surface area contributed by atoms with E-state index in [0.29, 0.717) is 5.82 Å². The number of nitrogen functional groups attached to an aromatic ring is 1. The quantitative estimate of drug-likeness (QED) is 0.820. The van der Waals surface area contributed by atoms with Crippen LogP contribution in [0.25, 0.3) is 0 Å². The van der Waals surface area contributed by atoms with E-state index in [2.05, 4.69) is 35.4 Å². The lowest BCUT2D eigenvalue weighted by molar-refractivity contribution is 0.646. The van der Waals surface area contributed by atoms with Gasteiger partial charge >= 0.3 is 0 Å². The molecule has 0 atom stereocenters. The standard InChI is InChI=1S/C11H14N4/c1-2-9-5-3-4-6-10(9)7-15-8-11(12)13-14-15/h3-6,8H,2,7,12H2,1H3. The predicted octanol–water partition coefficient (Wildman–Crippen LogP) is 1.47. The monoisotopic (exact) mass is 202 g/mol. The molecule has 0 aliphatic heterocycles. The normalized spacial score (nSPS) is 10.5. The van der Waals surface area contributed by atoms with Gasteiger partial charge in [0.25, 0.3) is 0 Å². The summed E-state index contributed by atoms with van der Waals surface area (Å²) in [5.74, 6) is 0.462. The van der Waals surface area contributed by atoms with E-state index < -0.39 is 0 Å². The SMILES string of the molecule is CCc1ccccc1Cn1cc(N)nn1. The summed E-state index contributed by atoms with van der Waals surface area (Å²) in [6.07, 6.45) is 2.77. The first-order valence-electron chi connectivity index (χ1n) is 5.02. The summed E-state index contributed by atoms with van der Waals surface area (Å²) in [7, 11) is 0. The third-order valence-corrected chi connectivity index (χ3v) is 2.39. The lowest BCUT2D eigenvalue weighted by Crippen LogP contribution is -2.03. The Bertz CT molecular complexity index is 447. The number of benzene rings is 1. The highest BCUT2D eigenvalue weighted by Gasteiger charge is 2.02. The second kappa shape index (κ2) is 4.13. The van der Waals surface area contributed by atoms with Gasteiger partial charge in [-0.3, -0.25) is 0 Å². The Morgan fingerprint density at radius 1 is 1.27 bits per heavy atom. The molecule has 1 aromatic carbocycles. The lowest BCUT2D eigenvalue weighted by Gasteiger charge is -2.06. The van der Waals surface area contributed by atoms with E-state index in [4.69, 9.17) is 5.73 Å². The van der Waals surface area contributed by atoms with Crippen LogP contribution in [0.3, 0.4) is 0 Å². The Morgan fingerprint density at radius 3 is 2.60 bits per heavy atom. The summed E-state index contributed by atoms with van der Waals surface area (Å²) in [5, 5.41) is 7.69. The van der Waals surface area contributed by atoms with Crippen molar-refractivity contribution in [3.63, 3.8) is 0 Å². The molecule has 0 spiro atoms. The van der Waals surface area contributed by atoms with Gasteiger partial charge in [-0.2, -0.15) is 0 Å². The fourth-order valence-electron chi connectivity index (χ4n) is 1.62. The fraction of sp³-hybridized carbons (Fsp3) is 0.273. The molecule has 1 heterocycles. The second-order valence-electron chi connectivity index (χ2n) is 3.46. The Morgan fingerprint density at radius 2 is 2.00 bits per heavy atom.